The van der Waals surface area contributed by atoms with Crippen LogP contribution in [0.15, 0.2) is 23.2 Å². The van der Waals surface area contributed by atoms with E-state index in [0.717, 1.165) is 25.5 Å². The van der Waals surface area contributed by atoms with Crippen LogP contribution in [-0.4, -0.2) is 37.3 Å². The van der Waals surface area contributed by atoms with Gasteiger partial charge in [0.1, 0.15) is 11.6 Å². The van der Waals surface area contributed by atoms with E-state index in [4.69, 9.17) is 0 Å². The first-order valence-electron chi connectivity index (χ1n) is 9.02. The van der Waals surface area contributed by atoms with Crippen molar-refractivity contribution in [2.24, 2.45) is 16.8 Å². The summed E-state index contributed by atoms with van der Waals surface area (Å²) < 4.78 is 26.4. The molecule has 26 heavy (non-hydrogen) atoms. The number of guanidine groups is 1. The lowest BCUT2D eigenvalue weighted by Crippen LogP contribution is -2.38. The molecule has 1 aromatic carbocycles. The van der Waals surface area contributed by atoms with Gasteiger partial charge < -0.3 is 15.7 Å². The highest BCUT2D eigenvalue weighted by molar-refractivity contribution is 14.0. The zero-order chi connectivity index (χ0) is 18.7. The van der Waals surface area contributed by atoms with Crippen molar-refractivity contribution >= 4 is 29.9 Å². The minimum absolute atomic E-state index is 0. The molecule has 0 aromatic heterocycles. The van der Waals surface area contributed by atoms with Crippen LogP contribution in [0.1, 0.15) is 39.2 Å². The van der Waals surface area contributed by atoms with Crippen molar-refractivity contribution in [1.29, 1.82) is 0 Å². The topological polar surface area (TPSA) is 56.7 Å². The van der Waals surface area contributed by atoms with Crippen LogP contribution in [0.25, 0.3) is 0 Å². The third-order valence-corrected chi connectivity index (χ3v) is 3.82. The first kappa shape index (κ1) is 25.0. The number of nitrogens with one attached hydrogen (secondary N) is 2. The number of nitrogens with zero attached hydrogens (tertiary/aromatic N) is 1. The van der Waals surface area contributed by atoms with Gasteiger partial charge in [0.05, 0.1) is 0 Å². The highest BCUT2D eigenvalue weighted by Crippen LogP contribution is 2.15. The molecule has 1 rings (SSSR count). The van der Waals surface area contributed by atoms with Crippen molar-refractivity contribution < 1.29 is 13.9 Å². The highest BCUT2D eigenvalue weighted by Gasteiger charge is 2.10. The maximum Gasteiger partial charge on any atom is 0.191 e. The Labute approximate surface area is 172 Å². The second-order valence-corrected chi connectivity index (χ2v) is 6.68. The van der Waals surface area contributed by atoms with Crippen LogP contribution in [0.4, 0.5) is 8.78 Å². The predicted octanol–water partition coefficient (Wildman–Crippen LogP) is 3.73. The molecule has 0 aliphatic rings. The summed E-state index contributed by atoms with van der Waals surface area (Å²) in [4.78, 5) is 4.59. The molecule has 0 amide bonds. The van der Waals surface area contributed by atoms with E-state index in [1.54, 1.807) is 0 Å². The molecule has 0 saturated heterocycles. The van der Waals surface area contributed by atoms with Crippen LogP contribution >= 0.6 is 24.0 Å². The van der Waals surface area contributed by atoms with Crippen molar-refractivity contribution in [2.45, 2.75) is 40.0 Å². The van der Waals surface area contributed by atoms with Gasteiger partial charge in [0.15, 0.2) is 5.96 Å². The van der Waals surface area contributed by atoms with E-state index in [1.807, 2.05) is 6.92 Å². The first-order valence-corrected chi connectivity index (χ1v) is 9.02. The van der Waals surface area contributed by atoms with Gasteiger partial charge in [-0.3, -0.25) is 4.99 Å². The average Bonchev–Trinajstić information content (AvgIpc) is 2.51. The smallest absolute Gasteiger partial charge is 0.191 e. The number of aliphatic imine (C=N–C) groups is 1. The maximum atomic E-state index is 13.2. The van der Waals surface area contributed by atoms with Gasteiger partial charge in [-0.2, -0.15) is 0 Å². The molecule has 7 heteroatoms. The fraction of sp³-hybridized carbons (Fsp3) is 0.632. The maximum absolute atomic E-state index is 13.2. The molecule has 1 atom stereocenters. The molecule has 0 fully saturated rings. The van der Waals surface area contributed by atoms with E-state index in [-0.39, 0.29) is 30.6 Å². The summed E-state index contributed by atoms with van der Waals surface area (Å²) in [6.45, 7) is 8.38. The largest absolute Gasteiger partial charge is 0.396 e. The summed E-state index contributed by atoms with van der Waals surface area (Å²) >= 11 is 0. The minimum atomic E-state index is -0.559. The number of rotatable bonds is 10. The van der Waals surface area contributed by atoms with Crippen molar-refractivity contribution in [3.63, 3.8) is 0 Å². The molecule has 1 unspecified atom stereocenters. The number of halogens is 3. The Morgan fingerprint density at radius 3 is 2.35 bits per heavy atom. The minimum Gasteiger partial charge on any atom is -0.396 e. The third kappa shape index (κ3) is 10.9. The Morgan fingerprint density at radius 2 is 1.81 bits per heavy atom. The van der Waals surface area contributed by atoms with Gasteiger partial charge in [-0.05, 0) is 55.7 Å². The van der Waals surface area contributed by atoms with Crippen LogP contribution < -0.4 is 10.6 Å². The number of benzene rings is 1. The Balaban J connectivity index is 0.00000625. The van der Waals surface area contributed by atoms with Crippen molar-refractivity contribution in [1.82, 2.24) is 10.6 Å². The van der Waals surface area contributed by atoms with Crippen LogP contribution in [0.5, 0.6) is 0 Å². The van der Waals surface area contributed by atoms with Crippen molar-refractivity contribution in [2.75, 3.05) is 26.2 Å². The van der Waals surface area contributed by atoms with Gasteiger partial charge in [0, 0.05) is 32.3 Å². The van der Waals surface area contributed by atoms with E-state index < -0.39 is 11.6 Å². The lowest BCUT2D eigenvalue weighted by Gasteiger charge is -2.17. The van der Waals surface area contributed by atoms with Crippen LogP contribution in [0, 0.1) is 23.5 Å². The number of hydrogen-bond acceptors (Lipinski definition) is 2. The molecule has 4 nitrogen and oxygen atoms in total. The molecule has 0 heterocycles. The molecule has 0 saturated carbocycles. The van der Waals surface area contributed by atoms with Crippen molar-refractivity contribution in [3.05, 3.63) is 35.4 Å². The van der Waals surface area contributed by atoms with E-state index in [2.05, 4.69) is 29.5 Å². The summed E-state index contributed by atoms with van der Waals surface area (Å²) in [6.07, 6.45) is 2.26. The Morgan fingerprint density at radius 1 is 1.15 bits per heavy atom. The van der Waals surface area contributed by atoms with E-state index in [9.17, 15) is 13.9 Å². The second-order valence-electron chi connectivity index (χ2n) is 6.68. The standard InChI is InChI=1S/C19H31F2N3O.HI/c1-4-22-19(24-13-16(6-8-25)9-14(2)3)23-7-5-15-10-17(20)12-18(21)11-15;/h10-12,14,16,25H,4-9,13H2,1-3H3,(H2,22,23,24);1H. The van der Waals surface area contributed by atoms with Gasteiger partial charge >= 0.3 is 0 Å². The average molecular weight is 483 g/mol. The summed E-state index contributed by atoms with van der Waals surface area (Å²) in [5, 5.41) is 15.6. The van der Waals surface area contributed by atoms with Crippen LogP contribution in [0.2, 0.25) is 0 Å². The number of aliphatic hydroxyl groups excluding tert-OH is 1. The number of aliphatic hydroxyl groups is 1. The van der Waals surface area contributed by atoms with Gasteiger partial charge in [0.25, 0.3) is 0 Å². The van der Waals surface area contributed by atoms with E-state index in [1.165, 1.54) is 12.1 Å². The van der Waals surface area contributed by atoms with Crippen LogP contribution in [-0.2, 0) is 6.42 Å². The van der Waals surface area contributed by atoms with E-state index in [0.29, 0.717) is 42.9 Å². The molecule has 0 spiro atoms. The highest BCUT2D eigenvalue weighted by atomic mass is 127. The summed E-state index contributed by atoms with van der Waals surface area (Å²) in [6, 6.07) is 3.56. The Kier molecular flexibility index (Phi) is 13.6. The Bertz CT molecular complexity index is 521. The van der Waals surface area contributed by atoms with E-state index >= 15 is 0 Å². The fourth-order valence-corrected chi connectivity index (χ4v) is 2.78. The quantitative estimate of drug-likeness (QED) is 0.270. The van der Waals surface area contributed by atoms with Gasteiger partial charge in [0.2, 0.25) is 0 Å². The molecule has 0 aliphatic heterocycles. The van der Waals surface area contributed by atoms with Gasteiger partial charge in [-0.25, -0.2) is 8.78 Å². The number of hydrogen-bond donors (Lipinski definition) is 3. The zero-order valence-corrected chi connectivity index (χ0v) is 18.2. The summed E-state index contributed by atoms with van der Waals surface area (Å²) in [7, 11) is 0. The fourth-order valence-electron chi connectivity index (χ4n) is 2.78. The predicted molar refractivity (Wildman–Crippen MR) is 114 cm³/mol. The summed E-state index contributed by atoms with van der Waals surface area (Å²) in [5.74, 6) is 0.473. The lowest BCUT2D eigenvalue weighted by atomic mass is 9.94. The molecule has 0 radical (unpaired) electrons. The Hall–Kier alpha value is -0.960. The SMILES string of the molecule is CCNC(=NCC(CCO)CC(C)C)NCCc1cc(F)cc(F)c1.I. The lowest BCUT2D eigenvalue weighted by molar-refractivity contribution is 0.245. The summed E-state index contributed by atoms with van der Waals surface area (Å²) in [5.41, 5.74) is 0.610. The molecule has 0 bridgehead atoms. The second kappa shape index (κ2) is 14.1. The first-order chi connectivity index (χ1) is 11.9. The molecule has 0 aliphatic carbocycles. The van der Waals surface area contributed by atoms with Crippen LogP contribution in [0.3, 0.4) is 0 Å². The normalized spacial score (nSPS) is 12.7. The molecular weight excluding hydrogens is 451 g/mol. The van der Waals surface area contributed by atoms with Gasteiger partial charge in [-0.1, -0.05) is 13.8 Å². The molecule has 1 aromatic rings. The molecule has 3 N–H and O–H groups in total. The molecular formula is C19H32F2IN3O. The van der Waals surface area contributed by atoms with Gasteiger partial charge in [-0.15, -0.1) is 24.0 Å². The monoisotopic (exact) mass is 483 g/mol. The van der Waals surface area contributed by atoms with Crippen molar-refractivity contribution in [3.8, 4) is 0 Å². The molecule has 150 valence electrons. The third-order valence-electron chi connectivity index (χ3n) is 3.82. The zero-order valence-electron chi connectivity index (χ0n) is 15.9.